The predicted molar refractivity (Wildman–Crippen MR) is 123 cm³/mol. The van der Waals surface area contributed by atoms with Crippen LogP contribution in [-0.2, 0) is 7.05 Å². The van der Waals surface area contributed by atoms with Gasteiger partial charge in [-0.25, -0.2) is 4.57 Å². The Labute approximate surface area is 174 Å². The molecule has 2 nitrogen and oxygen atoms in total. The van der Waals surface area contributed by atoms with Crippen molar-refractivity contribution >= 4 is 10.8 Å². The van der Waals surface area contributed by atoms with E-state index in [0.717, 1.165) is 0 Å². The first kappa shape index (κ1) is 19.4. The van der Waals surface area contributed by atoms with Crippen LogP contribution < -0.4 is 4.57 Å². The normalized spacial score (nSPS) is 11.7. The minimum Gasteiger partial charge on any atom is -0.232 e. The summed E-state index contributed by atoms with van der Waals surface area (Å²) in [6.07, 6.45) is 4.39. The molecule has 0 spiro atoms. The largest absolute Gasteiger partial charge is 0.294 e. The molecule has 4 rings (SSSR count). The number of benzene rings is 3. The number of hydrogen-bond donors (Lipinski definition) is 0. The molecule has 4 aromatic rings. The highest BCUT2D eigenvalue weighted by Gasteiger charge is 2.26. The number of imidazole rings is 1. The fourth-order valence-electron chi connectivity index (χ4n) is 4.44. The molecule has 0 aliphatic rings. The van der Waals surface area contributed by atoms with Crippen molar-refractivity contribution in [3.8, 4) is 17.1 Å². The average Bonchev–Trinajstić information content (AvgIpc) is 3.08. The molecule has 0 aliphatic carbocycles. The van der Waals surface area contributed by atoms with Crippen molar-refractivity contribution in [3.05, 3.63) is 83.7 Å². The fraction of sp³-hybridized carbons (Fsp3) is 0.296. The van der Waals surface area contributed by atoms with Crippen LogP contribution >= 0.6 is 0 Å². The van der Waals surface area contributed by atoms with Crippen LogP contribution in [0.4, 0.5) is 0 Å². The first-order valence-electron chi connectivity index (χ1n) is 10.6. The van der Waals surface area contributed by atoms with Gasteiger partial charge in [0.2, 0.25) is 0 Å². The summed E-state index contributed by atoms with van der Waals surface area (Å²) in [5.74, 6) is 2.15. The third-order valence-corrected chi connectivity index (χ3v) is 6.02. The first-order chi connectivity index (χ1) is 13.9. The zero-order valence-electron chi connectivity index (χ0n) is 18.4. The highest BCUT2D eigenvalue weighted by atomic mass is 15.1. The third-order valence-electron chi connectivity index (χ3n) is 6.02. The van der Waals surface area contributed by atoms with Gasteiger partial charge in [0.25, 0.3) is 5.82 Å². The number of nitrogens with zero attached hydrogens (tertiary/aromatic N) is 2. The van der Waals surface area contributed by atoms with E-state index in [2.05, 4.69) is 118 Å². The smallest absolute Gasteiger partial charge is 0.232 e. The molecule has 0 aliphatic heterocycles. The van der Waals surface area contributed by atoms with E-state index in [1.165, 1.54) is 44.5 Å². The van der Waals surface area contributed by atoms with Crippen LogP contribution in [0.3, 0.4) is 0 Å². The minimum absolute atomic E-state index is 0.460. The monoisotopic (exact) mass is 383 g/mol. The molecular formula is C27H31N2+. The standard InChI is InChI=1S/C27H31N2/c1-18(2)22-12-9-13-23(19(3)4)26(22)29-17-16-28(6)27(29)25-15-14-21-10-7-8-11-24(21)20(25)5/h7-19H,1-6H3/q+1. The fourth-order valence-corrected chi connectivity index (χ4v) is 4.44. The highest BCUT2D eigenvalue weighted by Crippen LogP contribution is 2.35. The summed E-state index contributed by atoms with van der Waals surface area (Å²) < 4.78 is 4.65. The molecule has 0 saturated heterocycles. The minimum atomic E-state index is 0.460. The molecule has 1 heterocycles. The molecule has 0 bridgehead atoms. The highest BCUT2D eigenvalue weighted by molar-refractivity contribution is 5.90. The van der Waals surface area contributed by atoms with Gasteiger partial charge in [-0.3, -0.25) is 0 Å². The molecule has 0 amide bonds. The molecule has 0 atom stereocenters. The van der Waals surface area contributed by atoms with Crippen molar-refractivity contribution in [2.24, 2.45) is 7.05 Å². The Morgan fingerprint density at radius 3 is 2.10 bits per heavy atom. The van der Waals surface area contributed by atoms with Crippen LogP contribution in [0.2, 0.25) is 0 Å². The van der Waals surface area contributed by atoms with Gasteiger partial charge in [-0.2, -0.15) is 4.57 Å². The molecule has 0 unspecified atom stereocenters. The Balaban J connectivity index is 2.04. The van der Waals surface area contributed by atoms with E-state index in [1.807, 2.05) is 0 Å². The van der Waals surface area contributed by atoms with Gasteiger partial charge in [-0.1, -0.05) is 76.2 Å². The van der Waals surface area contributed by atoms with Crippen LogP contribution in [0.5, 0.6) is 0 Å². The van der Waals surface area contributed by atoms with Crippen molar-refractivity contribution in [2.75, 3.05) is 0 Å². The Morgan fingerprint density at radius 2 is 1.45 bits per heavy atom. The molecule has 0 fully saturated rings. The molecule has 1 aromatic heterocycles. The van der Waals surface area contributed by atoms with Crippen LogP contribution in [0.25, 0.3) is 27.8 Å². The van der Waals surface area contributed by atoms with Crippen molar-refractivity contribution in [2.45, 2.75) is 46.5 Å². The summed E-state index contributed by atoms with van der Waals surface area (Å²) >= 11 is 0. The average molecular weight is 384 g/mol. The van der Waals surface area contributed by atoms with Crippen molar-refractivity contribution < 1.29 is 4.57 Å². The van der Waals surface area contributed by atoms with Crippen molar-refractivity contribution in [1.29, 1.82) is 0 Å². The lowest BCUT2D eigenvalue weighted by molar-refractivity contribution is -0.659. The van der Waals surface area contributed by atoms with Gasteiger partial charge in [-0.15, -0.1) is 0 Å². The molecule has 0 saturated carbocycles. The molecule has 2 heteroatoms. The number of hydrogen-bond acceptors (Lipinski definition) is 0. The van der Waals surface area contributed by atoms with Crippen molar-refractivity contribution in [3.63, 3.8) is 0 Å². The maximum Gasteiger partial charge on any atom is 0.294 e. The first-order valence-corrected chi connectivity index (χ1v) is 10.6. The Kier molecular flexibility index (Phi) is 5.04. The van der Waals surface area contributed by atoms with E-state index in [4.69, 9.17) is 0 Å². The number of fused-ring (bicyclic) bond motifs is 1. The maximum atomic E-state index is 2.40. The zero-order valence-corrected chi connectivity index (χ0v) is 18.4. The van der Waals surface area contributed by atoms with Crippen LogP contribution in [0.1, 0.15) is 56.2 Å². The van der Waals surface area contributed by atoms with Gasteiger partial charge >= 0.3 is 0 Å². The number of para-hydroxylation sites is 1. The molecule has 0 N–H and O–H groups in total. The third kappa shape index (κ3) is 3.27. The van der Waals surface area contributed by atoms with Crippen LogP contribution in [0, 0.1) is 6.92 Å². The zero-order chi connectivity index (χ0) is 20.7. The van der Waals surface area contributed by atoms with E-state index in [0.29, 0.717) is 11.8 Å². The summed E-state index contributed by atoms with van der Waals surface area (Å²) in [7, 11) is 2.15. The van der Waals surface area contributed by atoms with Gasteiger partial charge in [0.1, 0.15) is 18.1 Å². The summed E-state index contributed by atoms with van der Waals surface area (Å²) in [4.78, 5) is 0. The second-order valence-corrected chi connectivity index (χ2v) is 8.66. The van der Waals surface area contributed by atoms with Gasteiger partial charge in [0.15, 0.2) is 0 Å². The predicted octanol–water partition coefficient (Wildman–Crippen LogP) is 6.68. The molecule has 0 radical (unpaired) electrons. The van der Waals surface area contributed by atoms with Gasteiger partial charge in [0, 0.05) is 11.1 Å². The van der Waals surface area contributed by atoms with Crippen LogP contribution in [-0.4, -0.2) is 4.57 Å². The van der Waals surface area contributed by atoms with E-state index >= 15 is 0 Å². The molecule has 148 valence electrons. The van der Waals surface area contributed by atoms with E-state index in [-0.39, 0.29) is 0 Å². The molecule has 29 heavy (non-hydrogen) atoms. The number of aryl methyl sites for hydroxylation is 2. The lowest BCUT2D eigenvalue weighted by Crippen LogP contribution is -2.29. The van der Waals surface area contributed by atoms with Gasteiger partial charge in [-0.05, 0) is 41.2 Å². The summed E-state index contributed by atoms with van der Waals surface area (Å²) in [6.45, 7) is 11.4. The summed E-state index contributed by atoms with van der Waals surface area (Å²) in [5.41, 5.74) is 6.73. The van der Waals surface area contributed by atoms with Gasteiger partial charge in [0.05, 0.1) is 12.6 Å². The van der Waals surface area contributed by atoms with E-state index in [1.54, 1.807) is 0 Å². The Bertz CT molecular complexity index is 1150. The van der Waals surface area contributed by atoms with Gasteiger partial charge < -0.3 is 0 Å². The molecular weight excluding hydrogens is 352 g/mol. The second-order valence-electron chi connectivity index (χ2n) is 8.66. The van der Waals surface area contributed by atoms with E-state index < -0.39 is 0 Å². The number of rotatable bonds is 4. The Hall–Kier alpha value is -2.87. The lowest BCUT2D eigenvalue weighted by atomic mass is 9.92. The van der Waals surface area contributed by atoms with E-state index in [9.17, 15) is 0 Å². The second kappa shape index (κ2) is 7.51. The quantitative estimate of drug-likeness (QED) is 0.348. The molecule has 3 aromatic carbocycles. The van der Waals surface area contributed by atoms with Crippen molar-refractivity contribution in [1.82, 2.24) is 4.57 Å². The SMILES string of the molecule is Cc1c(-c2n(-c3c(C(C)C)cccc3C(C)C)cc[n+]2C)ccc2ccccc12. The number of aromatic nitrogens is 2. The van der Waals surface area contributed by atoms with Crippen LogP contribution in [0.15, 0.2) is 67.0 Å². The Morgan fingerprint density at radius 1 is 0.793 bits per heavy atom. The lowest BCUT2D eigenvalue weighted by Gasteiger charge is -2.18. The topological polar surface area (TPSA) is 8.81 Å². The summed E-state index contributed by atoms with van der Waals surface area (Å²) in [6, 6.07) is 19.9. The summed E-state index contributed by atoms with van der Waals surface area (Å²) in [5, 5.41) is 2.61. The maximum absolute atomic E-state index is 2.40.